The number of carbonyl (C=O) groups excluding carboxylic acids is 2. The van der Waals surface area contributed by atoms with Gasteiger partial charge in [0.2, 0.25) is 5.91 Å². The van der Waals surface area contributed by atoms with Gasteiger partial charge in [0.1, 0.15) is 18.2 Å². The van der Waals surface area contributed by atoms with E-state index in [-0.39, 0.29) is 24.3 Å². The molecule has 6 nitrogen and oxygen atoms in total. The third-order valence-electron chi connectivity index (χ3n) is 5.02. The average molecular weight is 432 g/mol. The zero-order valence-electron chi connectivity index (χ0n) is 15.5. The van der Waals surface area contributed by atoms with E-state index in [1.165, 1.54) is 6.20 Å². The van der Waals surface area contributed by atoms with E-state index in [4.69, 9.17) is 27.9 Å². The van der Waals surface area contributed by atoms with Gasteiger partial charge in [-0.3, -0.25) is 9.59 Å². The first-order valence-corrected chi connectivity index (χ1v) is 10.1. The number of halogens is 2. The molecule has 1 N–H and O–H groups in total. The van der Waals surface area contributed by atoms with Crippen LogP contribution in [0.1, 0.15) is 18.4 Å². The van der Waals surface area contributed by atoms with Gasteiger partial charge in [0.05, 0.1) is 16.5 Å². The van der Waals surface area contributed by atoms with Gasteiger partial charge < -0.3 is 15.0 Å². The quantitative estimate of drug-likeness (QED) is 0.795. The van der Waals surface area contributed by atoms with Crippen molar-refractivity contribution in [3.63, 3.8) is 0 Å². The Morgan fingerprint density at radius 3 is 2.79 bits per heavy atom. The van der Waals surface area contributed by atoms with Crippen LogP contribution in [0.4, 0.5) is 5.82 Å². The van der Waals surface area contributed by atoms with Crippen molar-refractivity contribution in [2.75, 3.05) is 25.0 Å². The Kier molecular flexibility index (Phi) is 5.74. The minimum atomic E-state index is -0.294. The smallest absolute Gasteiger partial charge is 0.253 e. The van der Waals surface area contributed by atoms with Gasteiger partial charge >= 0.3 is 0 Å². The number of piperidine rings is 1. The highest BCUT2D eigenvalue weighted by atomic mass is 35.5. The summed E-state index contributed by atoms with van der Waals surface area (Å²) in [6, 6.07) is 8.64. The maximum atomic E-state index is 13.0. The van der Waals surface area contributed by atoms with E-state index >= 15 is 0 Å². The molecule has 29 heavy (non-hydrogen) atoms. The largest absolute Gasteiger partial charge is 0.488 e. The standard InChI is InChI=1S/C21H19Cl2N3O3/c22-16-3-5-18-14(9-16)8-15(12-29-18)21(28)26-7-1-2-13(11-26)20(27)25-19-6-4-17(23)10-24-19/h3-6,8-10,13H,1-2,7,11-12H2,(H,24,25,27). The molecule has 1 atom stereocenters. The van der Waals surface area contributed by atoms with Crippen LogP contribution in [-0.4, -0.2) is 41.4 Å². The molecular formula is C21H19Cl2N3O3. The first kappa shape index (κ1) is 19.7. The second-order valence-electron chi connectivity index (χ2n) is 7.08. The molecule has 0 radical (unpaired) electrons. The van der Waals surface area contributed by atoms with Crippen LogP contribution in [-0.2, 0) is 9.59 Å². The summed E-state index contributed by atoms with van der Waals surface area (Å²) in [6.07, 6.45) is 4.77. The van der Waals surface area contributed by atoms with E-state index in [2.05, 4.69) is 10.3 Å². The molecule has 0 aliphatic carbocycles. The summed E-state index contributed by atoms with van der Waals surface area (Å²) < 4.78 is 5.69. The Morgan fingerprint density at radius 2 is 2.00 bits per heavy atom. The van der Waals surface area contributed by atoms with Crippen molar-refractivity contribution < 1.29 is 14.3 Å². The summed E-state index contributed by atoms with van der Waals surface area (Å²) >= 11 is 11.9. The Balaban J connectivity index is 1.43. The summed E-state index contributed by atoms with van der Waals surface area (Å²) in [4.78, 5) is 31.4. The zero-order chi connectivity index (χ0) is 20.4. The van der Waals surface area contributed by atoms with Crippen LogP contribution in [0, 0.1) is 5.92 Å². The SMILES string of the molecule is O=C(Nc1ccc(Cl)cn1)C1CCCN(C(=O)C2=Cc3cc(Cl)ccc3OC2)C1. The summed E-state index contributed by atoms with van der Waals surface area (Å²) in [5.41, 5.74) is 1.34. The first-order chi connectivity index (χ1) is 14.0. The summed E-state index contributed by atoms with van der Waals surface area (Å²) in [5, 5.41) is 3.89. The van der Waals surface area contributed by atoms with Crippen molar-refractivity contribution >= 4 is 46.9 Å². The van der Waals surface area contributed by atoms with Crippen molar-refractivity contribution in [2.24, 2.45) is 5.92 Å². The second-order valence-corrected chi connectivity index (χ2v) is 7.95. The van der Waals surface area contributed by atoms with E-state index in [1.807, 2.05) is 6.08 Å². The van der Waals surface area contributed by atoms with Gasteiger partial charge in [-0.25, -0.2) is 4.98 Å². The van der Waals surface area contributed by atoms with Gasteiger partial charge in [-0.1, -0.05) is 23.2 Å². The lowest BCUT2D eigenvalue weighted by molar-refractivity contribution is -0.131. The minimum absolute atomic E-state index is 0.113. The monoisotopic (exact) mass is 431 g/mol. The number of nitrogens with zero attached hydrogens (tertiary/aromatic N) is 2. The van der Waals surface area contributed by atoms with Crippen LogP contribution in [0.25, 0.3) is 6.08 Å². The maximum Gasteiger partial charge on any atom is 0.253 e. The number of hydrogen-bond donors (Lipinski definition) is 1. The second kappa shape index (κ2) is 8.43. The molecule has 1 saturated heterocycles. The number of carbonyl (C=O) groups is 2. The molecule has 2 aliphatic rings. The third kappa shape index (κ3) is 4.54. The number of benzene rings is 1. The van der Waals surface area contributed by atoms with Crippen molar-refractivity contribution in [2.45, 2.75) is 12.8 Å². The van der Waals surface area contributed by atoms with Crippen molar-refractivity contribution in [3.05, 3.63) is 57.7 Å². The van der Waals surface area contributed by atoms with Crippen LogP contribution in [0.15, 0.2) is 42.1 Å². The molecule has 1 fully saturated rings. The van der Waals surface area contributed by atoms with E-state index in [0.717, 1.165) is 18.4 Å². The molecule has 2 amide bonds. The summed E-state index contributed by atoms with van der Waals surface area (Å²) in [5.74, 6) is 0.593. The highest BCUT2D eigenvalue weighted by Gasteiger charge is 2.31. The van der Waals surface area contributed by atoms with Crippen LogP contribution in [0.5, 0.6) is 5.75 Å². The molecule has 150 valence electrons. The molecule has 1 aromatic carbocycles. The molecule has 0 saturated carbocycles. The molecule has 8 heteroatoms. The lowest BCUT2D eigenvalue weighted by atomic mass is 9.96. The summed E-state index contributed by atoms with van der Waals surface area (Å²) in [6.45, 7) is 1.18. The number of anilines is 1. The van der Waals surface area contributed by atoms with E-state index in [9.17, 15) is 9.59 Å². The predicted molar refractivity (Wildman–Crippen MR) is 112 cm³/mol. The molecule has 1 unspecified atom stereocenters. The van der Waals surface area contributed by atoms with Gasteiger partial charge in [-0.15, -0.1) is 0 Å². The lowest BCUT2D eigenvalue weighted by Crippen LogP contribution is -2.45. The van der Waals surface area contributed by atoms with Crippen LogP contribution in [0.2, 0.25) is 10.0 Å². The third-order valence-corrected chi connectivity index (χ3v) is 5.48. The van der Waals surface area contributed by atoms with Crippen LogP contribution in [0.3, 0.4) is 0 Å². The lowest BCUT2D eigenvalue weighted by Gasteiger charge is -2.33. The number of rotatable bonds is 3. The summed E-state index contributed by atoms with van der Waals surface area (Å²) in [7, 11) is 0. The van der Waals surface area contributed by atoms with E-state index < -0.39 is 0 Å². The van der Waals surface area contributed by atoms with E-state index in [0.29, 0.717) is 40.3 Å². The average Bonchev–Trinajstić information content (AvgIpc) is 2.74. The molecule has 0 spiro atoms. The normalized spacial score (nSPS) is 18.3. The number of likely N-dealkylation sites (tertiary alicyclic amines) is 1. The highest BCUT2D eigenvalue weighted by molar-refractivity contribution is 6.31. The predicted octanol–water partition coefficient (Wildman–Crippen LogP) is 4.04. The number of nitrogens with one attached hydrogen (secondary N) is 1. The van der Waals surface area contributed by atoms with Crippen LogP contribution >= 0.6 is 23.2 Å². The number of pyridine rings is 1. The van der Waals surface area contributed by atoms with Gasteiger partial charge in [0.15, 0.2) is 0 Å². The van der Waals surface area contributed by atoms with Gasteiger partial charge in [-0.05, 0) is 49.2 Å². The van der Waals surface area contributed by atoms with Gasteiger partial charge in [0.25, 0.3) is 5.91 Å². The number of amides is 2. The minimum Gasteiger partial charge on any atom is -0.488 e. The number of fused-ring (bicyclic) bond motifs is 1. The fourth-order valence-electron chi connectivity index (χ4n) is 3.53. The first-order valence-electron chi connectivity index (χ1n) is 9.34. The van der Waals surface area contributed by atoms with Crippen molar-refractivity contribution in [1.29, 1.82) is 0 Å². The molecular weight excluding hydrogens is 413 g/mol. The fourth-order valence-corrected chi connectivity index (χ4v) is 3.82. The molecule has 1 aromatic heterocycles. The number of ether oxygens (including phenoxy) is 1. The highest BCUT2D eigenvalue weighted by Crippen LogP contribution is 2.30. The molecule has 4 rings (SSSR count). The Hall–Kier alpha value is -2.57. The Morgan fingerprint density at radius 1 is 1.17 bits per heavy atom. The molecule has 2 aliphatic heterocycles. The van der Waals surface area contributed by atoms with Crippen molar-refractivity contribution in [3.8, 4) is 5.75 Å². The Bertz CT molecular complexity index is 976. The van der Waals surface area contributed by atoms with Gasteiger partial charge in [-0.2, -0.15) is 0 Å². The fraction of sp³-hybridized carbons (Fsp3) is 0.286. The molecule has 2 aromatic rings. The number of aromatic nitrogens is 1. The molecule has 3 heterocycles. The van der Waals surface area contributed by atoms with E-state index in [1.54, 1.807) is 35.2 Å². The van der Waals surface area contributed by atoms with Crippen LogP contribution < -0.4 is 10.1 Å². The van der Waals surface area contributed by atoms with Gasteiger partial charge in [0, 0.05) is 29.9 Å². The zero-order valence-corrected chi connectivity index (χ0v) is 17.0. The van der Waals surface area contributed by atoms with Crippen molar-refractivity contribution in [1.82, 2.24) is 9.88 Å². The topological polar surface area (TPSA) is 71.5 Å². The Labute approximate surface area is 178 Å². The number of hydrogen-bond acceptors (Lipinski definition) is 4. The molecule has 0 bridgehead atoms. The maximum absolute atomic E-state index is 13.0.